The zero-order valence-electron chi connectivity index (χ0n) is 17.3. The van der Waals surface area contributed by atoms with E-state index in [0.717, 1.165) is 17.5 Å². The van der Waals surface area contributed by atoms with Crippen LogP contribution in [0.3, 0.4) is 0 Å². The van der Waals surface area contributed by atoms with Crippen molar-refractivity contribution in [1.82, 2.24) is 14.7 Å². The molecule has 4 rings (SSSR count). The molecule has 2 aromatic heterocycles. The standard InChI is InChI=1S/C24H22N4O3/c1-3-17-6-11-20(12-7-17)25-21(29)15-28-14-19(10-13-22(28)30)24-26-23(27-31-24)18-8-4-16(2)5-9-18/h4-14H,3,15H2,1-2H3,(H,25,29). The molecule has 0 fully saturated rings. The van der Waals surface area contributed by atoms with Crippen molar-refractivity contribution in [2.45, 2.75) is 26.8 Å². The Kier molecular flexibility index (Phi) is 5.75. The van der Waals surface area contributed by atoms with Crippen molar-refractivity contribution in [2.24, 2.45) is 0 Å². The minimum Gasteiger partial charge on any atom is -0.334 e. The number of rotatable bonds is 6. The number of hydrogen-bond acceptors (Lipinski definition) is 5. The first-order valence-electron chi connectivity index (χ1n) is 10.0. The predicted molar refractivity (Wildman–Crippen MR) is 119 cm³/mol. The van der Waals surface area contributed by atoms with E-state index in [1.807, 2.05) is 55.5 Å². The second-order valence-corrected chi connectivity index (χ2v) is 7.27. The van der Waals surface area contributed by atoms with E-state index in [0.29, 0.717) is 17.1 Å². The van der Waals surface area contributed by atoms with Crippen molar-refractivity contribution in [1.29, 1.82) is 0 Å². The van der Waals surface area contributed by atoms with Gasteiger partial charge in [0.1, 0.15) is 6.54 Å². The normalized spacial score (nSPS) is 10.8. The third-order valence-electron chi connectivity index (χ3n) is 4.93. The highest BCUT2D eigenvalue weighted by atomic mass is 16.5. The Morgan fingerprint density at radius 2 is 1.71 bits per heavy atom. The number of nitrogens with one attached hydrogen (secondary N) is 1. The Morgan fingerprint density at radius 1 is 1.00 bits per heavy atom. The zero-order valence-corrected chi connectivity index (χ0v) is 17.3. The molecule has 0 saturated carbocycles. The first-order chi connectivity index (χ1) is 15.0. The second kappa shape index (κ2) is 8.79. The number of nitrogens with zero attached hydrogens (tertiary/aromatic N) is 3. The van der Waals surface area contributed by atoms with Crippen LogP contribution in [0.2, 0.25) is 0 Å². The highest BCUT2D eigenvalue weighted by molar-refractivity contribution is 5.90. The Morgan fingerprint density at radius 3 is 2.42 bits per heavy atom. The van der Waals surface area contributed by atoms with Crippen LogP contribution in [-0.4, -0.2) is 20.6 Å². The van der Waals surface area contributed by atoms with Gasteiger partial charge in [0.15, 0.2) is 0 Å². The largest absolute Gasteiger partial charge is 0.334 e. The summed E-state index contributed by atoms with van der Waals surface area (Å²) in [4.78, 5) is 29.1. The molecule has 7 nitrogen and oxygen atoms in total. The van der Waals surface area contributed by atoms with Crippen LogP contribution in [0.25, 0.3) is 22.8 Å². The fourth-order valence-electron chi connectivity index (χ4n) is 3.12. The van der Waals surface area contributed by atoms with Gasteiger partial charge in [0.25, 0.3) is 11.4 Å². The predicted octanol–water partition coefficient (Wildman–Crippen LogP) is 4.07. The van der Waals surface area contributed by atoms with Crippen LogP contribution in [-0.2, 0) is 17.8 Å². The monoisotopic (exact) mass is 414 g/mol. The molecule has 31 heavy (non-hydrogen) atoms. The average molecular weight is 414 g/mol. The smallest absolute Gasteiger partial charge is 0.259 e. The molecule has 0 bridgehead atoms. The molecule has 1 N–H and O–H groups in total. The van der Waals surface area contributed by atoms with E-state index < -0.39 is 0 Å². The van der Waals surface area contributed by atoms with Crippen molar-refractivity contribution in [3.63, 3.8) is 0 Å². The minimum absolute atomic E-state index is 0.124. The molecular formula is C24H22N4O3. The molecule has 0 spiro atoms. The van der Waals surface area contributed by atoms with Gasteiger partial charge in [0, 0.05) is 23.5 Å². The lowest BCUT2D eigenvalue weighted by atomic mass is 10.1. The van der Waals surface area contributed by atoms with Gasteiger partial charge in [-0.3, -0.25) is 9.59 Å². The van der Waals surface area contributed by atoms with E-state index in [9.17, 15) is 9.59 Å². The van der Waals surface area contributed by atoms with Crippen molar-refractivity contribution < 1.29 is 9.32 Å². The van der Waals surface area contributed by atoms with Gasteiger partial charge in [-0.2, -0.15) is 4.98 Å². The lowest BCUT2D eigenvalue weighted by molar-refractivity contribution is -0.116. The summed E-state index contributed by atoms with van der Waals surface area (Å²) in [6, 6.07) is 18.4. The maximum atomic E-state index is 12.4. The molecular weight excluding hydrogens is 392 g/mol. The summed E-state index contributed by atoms with van der Waals surface area (Å²) in [5, 5.41) is 6.83. The van der Waals surface area contributed by atoms with E-state index in [-0.39, 0.29) is 23.9 Å². The van der Waals surface area contributed by atoms with Gasteiger partial charge in [0.2, 0.25) is 11.7 Å². The zero-order chi connectivity index (χ0) is 21.8. The van der Waals surface area contributed by atoms with Crippen molar-refractivity contribution >= 4 is 11.6 Å². The summed E-state index contributed by atoms with van der Waals surface area (Å²) >= 11 is 0. The molecule has 0 atom stereocenters. The molecule has 0 radical (unpaired) electrons. The fourth-order valence-corrected chi connectivity index (χ4v) is 3.12. The van der Waals surface area contributed by atoms with Crippen molar-refractivity contribution in [2.75, 3.05) is 5.32 Å². The van der Waals surface area contributed by atoms with Crippen LogP contribution >= 0.6 is 0 Å². The number of aryl methyl sites for hydroxylation is 2. The highest BCUT2D eigenvalue weighted by Gasteiger charge is 2.13. The lowest BCUT2D eigenvalue weighted by Crippen LogP contribution is -2.26. The average Bonchev–Trinajstić information content (AvgIpc) is 3.26. The summed E-state index contributed by atoms with van der Waals surface area (Å²) in [7, 11) is 0. The molecule has 7 heteroatoms. The molecule has 0 saturated heterocycles. The number of carbonyl (C=O) groups is 1. The van der Waals surface area contributed by atoms with Crippen LogP contribution in [0.1, 0.15) is 18.1 Å². The summed E-state index contributed by atoms with van der Waals surface area (Å²) in [6.07, 6.45) is 2.48. The van der Waals surface area contributed by atoms with E-state index in [1.165, 1.54) is 16.2 Å². The van der Waals surface area contributed by atoms with Gasteiger partial charge < -0.3 is 14.4 Å². The quantitative estimate of drug-likeness (QED) is 0.514. The third-order valence-corrected chi connectivity index (χ3v) is 4.93. The number of anilines is 1. The highest BCUT2D eigenvalue weighted by Crippen LogP contribution is 2.21. The summed E-state index contributed by atoms with van der Waals surface area (Å²) < 4.78 is 6.70. The molecule has 2 aromatic carbocycles. The van der Waals surface area contributed by atoms with E-state index >= 15 is 0 Å². The Hall–Kier alpha value is -4.00. The van der Waals surface area contributed by atoms with Gasteiger partial charge in [-0.05, 0) is 37.1 Å². The Balaban J connectivity index is 1.51. The van der Waals surface area contributed by atoms with Gasteiger partial charge >= 0.3 is 0 Å². The first-order valence-corrected chi connectivity index (χ1v) is 10.0. The van der Waals surface area contributed by atoms with Crippen LogP contribution < -0.4 is 10.9 Å². The number of benzene rings is 2. The summed E-state index contributed by atoms with van der Waals surface area (Å²) in [5.41, 5.74) is 4.11. The first kappa shape index (κ1) is 20.3. The lowest BCUT2D eigenvalue weighted by Gasteiger charge is -2.08. The van der Waals surface area contributed by atoms with E-state index in [4.69, 9.17) is 4.52 Å². The third kappa shape index (κ3) is 4.78. The van der Waals surface area contributed by atoms with Crippen LogP contribution in [0, 0.1) is 6.92 Å². The molecule has 2 heterocycles. The van der Waals surface area contributed by atoms with Gasteiger partial charge in [-0.1, -0.05) is 54.0 Å². The maximum Gasteiger partial charge on any atom is 0.259 e. The molecule has 0 unspecified atom stereocenters. The number of pyridine rings is 1. The van der Waals surface area contributed by atoms with Crippen molar-refractivity contribution in [3.8, 4) is 22.8 Å². The minimum atomic E-state index is -0.297. The van der Waals surface area contributed by atoms with Crippen LogP contribution in [0.15, 0.2) is 76.2 Å². The summed E-state index contributed by atoms with van der Waals surface area (Å²) in [5.74, 6) is 0.440. The second-order valence-electron chi connectivity index (χ2n) is 7.27. The molecule has 1 amide bonds. The number of amides is 1. The molecule has 0 aliphatic heterocycles. The van der Waals surface area contributed by atoms with Gasteiger partial charge in [-0.25, -0.2) is 0 Å². The van der Waals surface area contributed by atoms with Crippen LogP contribution in [0.4, 0.5) is 5.69 Å². The number of carbonyl (C=O) groups excluding carboxylic acids is 1. The number of aromatic nitrogens is 3. The molecule has 0 aliphatic rings. The molecule has 4 aromatic rings. The number of hydrogen-bond donors (Lipinski definition) is 1. The van der Waals surface area contributed by atoms with E-state index in [1.54, 1.807) is 12.3 Å². The van der Waals surface area contributed by atoms with E-state index in [2.05, 4.69) is 22.4 Å². The van der Waals surface area contributed by atoms with Gasteiger partial charge in [-0.15, -0.1) is 0 Å². The topological polar surface area (TPSA) is 90.0 Å². The molecule has 156 valence electrons. The Bertz CT molecular complexity index is 1260. The Labute approximate surface area is 179 Å². The molecule has 0 aliphatic carbocycles. The maximum absolute atomic E-state index is 12.4. The SMILES string of the molecule is CCc1ccc(NC(=O)Cn2cc(-c3nc(-c4ccc(C)cc4)no3)ccc2=O)cc1. The van der Waals surface area contributed by atoms with Crippen LogP contribution in [0.5, 0.6) is 0 Å². The van der Waals surface area contributed by atoms with Gasteiger partial charge in [0.05, 0.1) is 5.56 Å². The fraction of sp³-hybridized carbons (Fsp3) is 0.167. The summed E-state index contributed by atoms with van der Waals surface area (Å²) in [6.45, 7) is 3.95. The van der Waals surface area contributed by atoms with Crippen molar-refractivity contribution in [3.05, 3.63) is 88.3 Å².